The second-order valence-corrected chi connectivity index (χ2v) is 11.6. The Balaban J connectivity index is 1.79. The number of sulfonamides is 1. The first kappa shape index (κ1) is 29.5. The van der Waals surface area contributed by atoms with Crippen LogP contribution in [0.5, 0.6) is 11.6 Å². The predicted octanol–water partition coefficient (Wildman–Crippen LogP) is 4.52. The molecule has 0 saturated carbocycles. The van der Waals surface area contributed by atoms with E-state index in [1.54, 1.807) is 45.0 Å². The number of amides is 1. The van der Waals surface area contributed by atoms with Crippen molar-refractivity contribution in [3.8, 4) is 17.3 Å². The highest BCUT2D eigenvalue weighted by Crippen LogP contribution is 2.36. The lowest BCUT2D eigenvalue weighted by atomic mass is 10.2. The van der Waals surface area contributed by atoms with Crippen LogP contribution in [0.4, 0.5) is 5.69 Å². The molecule has 0 radical (unpaired) electrons. The van der Waals surface area contributed by atoms with Crippen molar-refractivity contribution in [2.24, 2.45) is 0 Å². The summed E-state index contributed by atoms with van der Waals surface area (Å²) < 4.78 is 42.1. The van der Waals surface area contributed by atoms with Crippen LogP contribution in [0.3, 0.4) is 0 Å². The maximum atomic E-state index is 13.3. The predicted molar refractivity (Wildman–Crippen MR) is 148 cm³/mol. The van der Waals surface area contributed by atoms with Gasteiger partial charge in [0.15, 0.2) is 5.69 Å². The van der Waals surface area contributed by atoms with Gasteiger partial charge in [-0.15, -0.1) is 0 Å². The summed E-state index contributed by atoms with van der Waals surface area (Å²) in [5.74, 6) is -0.606. The largest absolute Gasteiger partial charge is 0.437 e. The summed E-state index contributed by atoms with van der Waals surface area (Å²) in [5, 5.41) is 19.2. The molecule has 2 aromatic carbocycles. The number of hydrogen-bond donors (Lipinski definition) is 2. The van der Waals surface area contributed by atoms with E-state index >= 15 is 0 Å². The van der Waals surface area contributed by atoms with Crippen LogP contribution >= 0.6 is 11.6 Å². The molecule has 1 aromatic heterocycles. The van der Waals surface area contributed by atoms with Crippen LogP contribution in [0, 0.1) is 17.0 Å². The molecule has 40 heavy (non-hydrogen) atoms. The second kappa shape index (κ2) is 12.3. The molecular weight excluding hydrogens is 562 g/mol. The van der Waals surface area contributed by atoms with Crippen molar-refractivity contribution in [1.29, 1.82) is 0 Å². The lowest BCUT2D eigenvalue weighted by Crippen LogP contribution is -2.32. The van der Waals surface area contributed by atoms with E-state index in [0.717, 1.165) is 25.0 Å². The third-order valence-electron chi connectivity index (χ3n) is 6.45. The van der Waals surface area contributed by atoms with E-state index in [4.69, 9.17) is 21.1 Å². The van der Waals surface area contributed by atoms with Gasteiger partial charge in [0.25, 0.3) is 11.6 Å². The number of halogens is 1. The monoisotopic (exact) mass is 591 g/mol. The average Bonchev–Trinajstić information content (AvgIpc) is 3.55. The van der Waals surface area contributed by atoms with Crippen LogP contribution in [0.15, 0.2) is 47.4 Å². The summed E-state index contributed by atoms with van der Waals surface area (Å²) in [6.07, 6.45) is 2.18. The fourth-order valence-electron chi connectivity index (χ4n) is 4.11. The molecule has 0 spiro atoms. The van der Waals surface area contributed by atoms with Crippen LogP contribution in [0.1, 0.15) is 49.2 Å². The number of nitrogens with zero attached hydrogens (tertiary/aromatic N) is 3. The number of benzene rings is 2. The maximum absolute atomic E-state index is 13.3. The van der Waals surface area contributed by atoms with Gasteiger partial charge < -0.3 is 14.8 Å². The summed E-state index contributed by atoms with van der Waals surface area (Å²) in [6.45, 7) is 6.05. The Morgan fingerprint density at radius 3 is 2.75 bits per heavy atom. The van der Waals surface area contributed by atoms with Crippen molar-refractivity contribution in [1.82, 2.24) is 19.8 Å². The van der Waals surface area contributed by atoms with Crippen molar-refractivity contribution in [2.75, 3.05) is 13.2 Å². The van der Waals surface area contributed by atoms with Gasteiger partial charge in [0, 0.05) is 41.9 Å². The van der Waals surface area contributed by atoms with E-state index < -0.39 is 37.5 Å². The standard InChI is InChI=1S/C26H30ClN5O7S/c1-4-16(2)30-40(36,37)23-14-20(32(34)35)10-11-22(23)39-26-17(3)24(25(33)28-15-21-9-6-12-38-21)29-31(26)19-8-5-7-18(27)13-19/h5,7-8,10-11,13-14,16,21,30H,4,6,9,12,15H2,1-3H3,(H,28,33). The average molecular weight is 592 g/mol. The number of rotatable bonds is 11. The summed E-state index contributed by atoms with van der Waals surface area (Å²) >= 11 is 6.21. The van der Waals surface area contributed by atoms with Gasteiger partial charge in [-0.1, -0.05) is 24.6 Å². The molecule has 214 valence electrons. The molecule has 1 amide bonds. The van der Waals surface area contributed by atoms with Crippen LogP contribution in [-0.2, 0) is 14.8 Å². The summed E-state index contributed by atoms with van der Waals surface area (Å²) in [6, 6.07) is 9.49. The Kier molecular flexibility index (Phi) is 9.08. The molecule has 0 aliphatic carbocycles. The molecule has 1 aliphatic rings. The minimum absolute atomic E-state index is 0.0402. The zero-order valence-electron chi connectivity index (χ0n) is 22.2. The van der Waals surface area contributed by atoms with Gasteiger partial charge >= 0.3 is 0 Å². The molecule has 12 nitrogen and oxygen atoms in total. The van der Waals surface area contributed by atoms with E-state index in [1.807, 2.05) is 0 Å². The van der Waals surface area contributed by atoms with E-state index in [-0.39, 0.29) is 23.4 Å². The van der Waals surface area contributed by atoms with Crippen molar-refractivity contribution < 1.29 is 27.6 Å². The normalized spacial score (nSPS) is 16.1. The number of ether oxygens (including phenoxy) is 2. The highest BCUT2D eigenvalue weighted by molar-refractivity contribution is 7.89. The highest BCUT2D eigenvalue weighted by atomic mass is 35.5. The van der Waals surface area contributed by atoms with Gasteiger partial charge in [0.2, 0.25) is 15.9 Å². The molecule has 4 rings (SSSR count). The molecule has 2 atom stereocenters. The Bertz CT molecular complexity index is 1520. The van der Waals surface area contributed by atoms with E-state index in [9.17, 15) is 23.3 Å². The number of nitrogens with one attached hydrogen (secondary N) is 2. The first-order valence-corrected chi connectivity index (χ1v) is 14.6. The molecule has 2 heterocycles. The minimum atomic E-state index is -4.23. The molecular formula is C26H30ClN5O7S. The van der Waals surface area contributed by atoms with Crippen molar-refractivity contribution >= 4 is 33.2 Å². The zero-order chi connectivity index (χ0) is 29.0. The third kappa shape index (κ3) is 6.61. The van der Waals surface area contributed by atoms with Crippen LogP contribution in [0.25, 0.3) is 5.69 Å². The smallest absolute Gasteiger partial charge is 0.272 e. The summed E-state index contributed by atoms with van der Waals surface area (Å²) in [7, 11) is -4.23. The fraction of sp³-hybridized carbons (Fsp3) is 0.385. The number of hydrogen-bond acceptors (Lipinski definition) is 8. The topological polar surface area (TPSA) is 155 Å². The highest BCUT2D eigenvalue weighted by Gasteiger charge is 2.29. The van der Waals surface area contributed by atoms with Gasteiger partial charge in [0.05, 0.1) is 16.7 Å². The number of aromatic nitrogens is 2. The Labute approximate surface area is 236 Å². The number of nitro groups is 1. The lowest BCUT2D eigenvalue weighted by Gasteiger charge is -2.16. The van der Waals surface area contributed by atoms with Crippen LogP contribution in [-0.4, -0.2) is 54.3 Å². The van der Waals surface area contributed by atoms with Crippen LogP contribution < -0.4 is 14.8 Å². The van der Waals surface area contributed by atoms with Gasteiger partial charge in [-0.2, -0.15) is 9.78 Å². The number of nitro benzene ring substituents is 1. The summed E-state index contributed by atoms with van der Waals surface area (Å²) in [4.78, 5) is 23.5. The fourth-order valence-corrected chi connectivity index (χ4v) is 5.77. The maximum Gasteiger partial charge on any atom is 0.272 e. The van der Waals surface area contributed by atoms with Gasteiger partial charge in [-0.3, -0.25) is 14.9 Å². The molecule has 3 aromatic rings. The molecule has 1 aliphatic heterocycles. The molecule has 1 fully saturated rings. The van der Waals surface area contributed by atoms with Crippen LogP contribution in [0.2, 0.25) is 5.02 Å². The lowest BCUT2D eigenvalue weighted by molar-refractivity contribution is -0.385. The number of non-ortho nitro benzene ring substituents is 1. The summed E-state index contributed by atoms with van der Waals surface area (Å²) in [5.41, 5.74) is 0.400. The first-order chi connectivity index (χ1) is 19.0. The van der Waals surface area contributed by atoms with E-state index in [1.165, 1.54) is 10.7 Å². The first-order valence-electron chi connectivity index (χ1n) is 12.7. The Morgan fingerprint density at radius 2 is 2.10 bits per heavy atom. The third-order valence-corrected chi connectivity index (χ3v) is 8.30. The molecule has 2 N–H and O–H groups in total. The van der Waals surface area contributed by atoms with E-state index in [0.29, 0.717) is 35.8 Å². The zero-order valence-corrected chi connectivity index (χ0v) is 23.8. The SMILES string of the molecule is CCC(C)NS(=O)(=O)c1cc([N+](=O)[O-])ccc1Oc1c(C)c(C(=O)NCC2CCCO2)nn1-c1cccc(Cl)c1. The second-order valence-electron chi connectivity index (χ2n) is 9.44. The molecule has 1 saturated heterocycles. The number of carbonyl (C=O) groups is 1. The molecule has 14 heteroatoms. The van der Waals surface area contributed by atoms with Crippen molar-refractivity contribution in [3.63, 3.8) is 0 Å². The minimum Gasteiger partial charge on any atom is -0.437 e. The number of carbonyl (C=O) groups excluding carboxylic acids is 1. The molecule has 2 unspecified atom stereocenters. The Morgan fingerprint density at radius 1 is 1.32 bits per heavy atom. The van der Waals surface area contributed by atoms with Gasteiger partial charge in [0.1, 0.15) is 10.6 Å². The van der Waals surface area contributed by atoms with Gasteiger partial charge in [-0.05, 0) is 57.4 Å². The molecule has 0 bridgehead atoms. The van der Waals surface area contributed by atoms with Gasteiger partial charge in [-0.25, -0.2) is 13.1 Å². The van der Waals surface area contributed by atoms with Crippen molar-refractivity contribution in [2.45, 2.75) is 57.1 Å². The Hall–Kier alpha value is -3.52. The van der Waals surface area contributed by atoms with E-state index in [2.05, 4.69) is 15.1 Å². The van der Waals surface area contributed by atoms with Crippen molar-refractivity contribution in [3.05, 3.63) is 68.9 Å². The quantitative estimate of drug-likeness (QED) is 0.244.